The van der Waals surface area contributed by atoms with Crippen LogP contribution >= 0.6 is 0 Å². The van der Waals surface area contributed by atoms with Crippen molar-refractivity contribution < 1.29 is 83.5 Å². The number of amides is 1. The highest BCUT2D eigenvalue weighted by molar-refractivity contribution is 5.85. The number of methoxy groups -OCH3 is 4. The number of hydrogen-bond donors (Lipinski definition) is 16. The van der Waals surface area contributed by atoms with Gasteiger partial charge in [0.05, 0.1) is 84.3 Å². The molecule has 16 atom stereocenters. The van der Waals surface area contributed by atoms with E-state index in [1.807, 2.05) is 30.3 Å². The lowest BCUT2D eigenvalue weighted by molar-refractivity contribution is -0.120. The molecular weight excluding hydrogens is 1510 g/mol. The van der Waals surface area contributed by atoms with Gasteiger partial charge in [-0.1, -0.05) is 49.6 Å². The minimum atomic E-state index is -1.19. The second-order valence-corrected chi connectivity index (χ2v) is 29.4. The van der Waals surface area contributed by atoms with E-state index in [0.717, 1.165) is 31.5 Å². The van der Waals surface area contributed by atoms with E-state index in [1.54, 1.807) is 59.1 Å². The van der Waals surface area contributed by atoms with Crippen LogP contribution in [0.1, 0.15) is 113 Å². The lowest BCUT2D eigenvalue weighted by atomic mass is 9.95. The van der Waals surface area contributed by atoms with Crippen molar-refractivity contribution in [2.45, 2.75) is 208 Å². The molecule has 5 saturated heterocycles. The fourth-order valence-electron chi connectivity index (χ4n) is 15.1. The first kappa shape index (κ1) is 86.6. The predicted octanol–water partition coefficient (Wildman–Crippen LogP) is -0.763. The third kappa shape index (κ3) is 19.5. The standard InChI is InChI=1S/C21H35N7O4.C21H26N6O5.C19H30N6O4.C13H20N6O4/c1-12(2)27-7-5-13(6-8-27)23-9-15-25-19(22-3)16-20(26-15)28(11-24-16)21-18(30)17(29)14(32-21)10-31-4;1-22-19-16-20(27(11-24-16)21-18(30)17(29)13(32-21)10-31-2)26-14(25-19)9-23-15(28)8-12-6-4-3-5-7-12;1-20-17-14-18(24-13(23-17)8-21-11-6-4-3-5-7-11)25(10-22-14)19-16(27)15(26)12(29-19)9-28-2;1-15-11-8-12(18-7(3-14)17-11)19(5-16-8)13-10(21)9(20)6(23-13)4-22-2/h11-14,17-18,21,23,29-30H,5-10H2,1-4H3,(H,22,25,26);3-7,11,13,17-18,21,29-30H,8-10H2,1-2H3,(H,23,28)(H,22,25,26);10-12,15-16,19,21,26-27H,3-9H2,1-2H3,(H,20,23,24);5-6,9-10,13,20-21H,3-4,14H2,1-2H3,(H,15,17,18)/t14-,17-,18-,21-;13-,17-,18-,21-;12-,15-,16-,19-;6-,9-,10-,13-/m1111/s1. The minimum absolute atomic E-state index is 0.116. The van der Waals surface area contributed by atoms with Gasteiger partial charge in [0.1, 0.15) is 90.7 Å². The highest BCUT2D eigenvalue weighted by Crippen LogP contribution is 2.38. The number of benzene rings is 1. The van der Waals surface area contributed by atoms with Gasteiger partial charge in [-0.05, 0) is 58.2 Å². The van der Waals surface area contributed by atoms with E-state index >= 15 is 0 Å². The molecule has 116 heavy (non-hydrogen) atoms. The largest absolute Gasteiger partial charge is 0.387 e. The van der Waals surface area contributed by atoms with Crippen LogP contribution in [0.5, 0.6) is 0 Å². The molecule has 15 rings (SSSR count). The molecule has 42 nitrogen and oxygen atoms in total. The Bertz CT molecular complexity index is 4630. The average molecular weight is 1620 g/mol. The van der Waals surface area contributed by atoms with Gasteiger partial charge in [0, 0.05) is 74.8 Å². The number of hydrogen-bond acceptors (Lipinski definition) is 37. The minimum Gasteiger partial charge on any atom is -0.387 e. The molecule has 634 valence electrons. The van der Waals surface area contributed by atoms with Crippen LogP contribution in [-0.4, -0.2) is 317 Å². The first-order valence-corrected chi connectivity index (χ1v) is 39.0. The zero-order valence-electron chi connectivity index (χ0n) is 66.8. The number of rotatable bonds is 28. The molecule has 0 spiro atoms. The summed E-state index contributed by atoms with van der Waals surface area (Å²) < 4.78 is 49.9. The number of aromatic nitrogens is 16. The van der Waals surface area contributed by atoms with Gasteiger partial charge < -0.3 is 127 Å². The Morgan fingerprint density at radius 3 is 1.09 bits per heavy atom. The zero-order chi connectivity index (χ0) is 82.4. The molecular formula is C74H111N25O17. The van der Waals surface area contributed by atoms with E-state index in [2.05, 4.69) is 111 Å². The van der Waals surface area contributed by atoms with Crippen LogP contribution in [0.3, 0.4) is 0 Å². The number of carbonyl (C=O) groups is 1. The second kappa shape index (κ2) is 40.2. The van der Waals surface area contributed by atoms with Gasteiger partial charge in [0.25, 0.3) is 0 Å². The van der Waals surface area contributed by atoms with Crippen molar-refractivity contribution in [3.05, 3.63) is 84.5 Å². The Morgan fingerprint density at radius 1 is 0.448 bits per heavy atom. The molecule has 42 heteroatoms. The van der Waals surface area contributed by atoms with Gasteiger partial charge in [0.2, 0.25) is 5.91 Å². The van der Waals surface area contributed by atoms with E-state index < -0.39 is 98.2 Å². The molecule has 17 N–H and O–H groups in total. The molecule has 6 fully saturated rings. The number of nitrogens with two attached hydrogens (primary N) is 1. The van der Waals surface area contributed by atoms with Gasteiger partial charge in [-0.25, -0.2) is 59.8 Å². The number of ether oxygens (including phenoxy) is 8. The number of nitrogens with zero attached hydrogens (tertiary/aromatic N) is 17. The highest BCUT2D eigenvalue weighted by Gasteiger charge is 2.48. The fourth-order valence-corrected chi connectivity index (χ4v) is 15.1. The summed E-state index contributed by atoms with van der Waals surface area (Å²) >= 11 is 0. The summed E-state index contributed by atoms with van der Waals surface area (Å²) in [5.41, 5.74) is 10.7. The topological polar surface area (TPSA) is 541 Å². The number of fused-ring (bicyclic) bond motifs is 4. The van der Waals surface area contributed by atoms with Crippen molar-refractivity contribution in [3.8, 4) is 0 Å². The second-order valence-electron chi connectivity index (χ2n) is 29.4. The number of carbonyl (C=O) groups excluding carboxylic acids is 1. The monoisotopic (exact) mass is 1620 g/mol. The van der Waals surface area contributed by atoms with E-state index in [1.165, 1.54) is 73.2 Å². The Kier molecular flexibility index (Phi) is 30.0. The Balaban J connectivity index is 0.000000144. The molecule has 0 radical (unpaired) electrons. The summed E-state index contributed by atoms with van der Waals surface area (Å²) in [6.07, 6.45) is 0.0610. The number of anilines is 4. The SMILES string of the molecule is CNc1nc(CN)nc2c1ncn2[C@@H]1O[C@H](COC)[C@@H](O)[C@H]1O.CNc1nc(CNC(=O)Cc2ccccc2)nc2c1ncn2[C@@H]1O[C@H](COC)[C@@H](O)[C@H]1O.CNc1nc(CNC2CCCCC2)nc2c1ncn2[C@@H]1O[C@H](COC)[C@@H](O)[C@H]1O.CNc1nc(CNC2CCN(C(C)C)CC2)nc2c1ncn2[C@@H]1O[C@H](COC)[C@@H](O)[C@H]1O. The molecule has 1 aromatic carbocycles. The van der Waals surface area contributed by atoms with Crippen LogP contribution in [0.2, 0.25) is 0 Å². The van der Waals surface area contributed by atoms with Crippen LogP contribution in [0.25, 0.3) is 44.7 Å². The van der Waals surface area contributed by atoms with Gasteiger partial charge in [-0.2, -0.15) is 0 Å². The van der Waals surface area contributed by atoms with Crippen molar-refractivity contribution in [2.75, 3.05) is 117 Å². The summed E-state index contributed by atoms with van der Waals surface area (Å²) in [7, 11) is 13.1. The number of imidazole rings is 4. The number of piperidine rings is 1. The maximum atomic E-state index is 12.3. The first-order chi connectivity index (χ1) is 56.2. The molecule has 1 saturated carbocycles. The predicted molar refractivity (Wildman–Crippen MR) is 421 cm³/mol. The fraction of sp³-hybridized carbons (Fsp3) is 0.635. The van der Waals surface area contributed by atoms with Crippen LogP contribution in [0, 0.1) is 0 Å². The van der Waals surface area contributed by atoms with E-state index in [9.17, 15) is 45.6 Å². The van der Waals surface area contributed by atoms with Gasteiger partial charge in [-0.15, -0.1) is 0 Å². The maximum absolute atomic E-state index is 12.3. The van der Waals surface area contributed by atoms with Crippen LogP contribution < -0.4 is 43.0 Å². The van der Waals surface area contributed by atoms with Crippen LogP contribution in [0.4, 0.5) is 23.3 Å². The first-order valence-electron chi connectivity index (χ1n) is 39.0. The quantitative estimate of drug-likeness (QED) is 0.0286. The highest BCUT2D eigenvalue weighted by atomic mass is 16.6. The molecule has 0 bridgehead atoms. The van der Waals surface area contributed by atoms with Gasteiger partial charge in [-0.3, -0.25) is 23.1 Å². The Hall–Kier alpha value is -8.71. The van der Waals surface area contributed by atoms with Gasteiger partial charge in [0.15, 0.2) is 98.7 Å². The lowest BCUT2D eigenvalue weighted by Gasteiger charge is -2.34. The number of likely N-dealkylation sites (tertiary alicyclic amines) is 1. The molecule has 9 aromatic rings. The molecule has 1 aliphatic carbocycles. The van der Waals surface area contributed by atoms with Crippen molar-refractivity contribution in [3.63, 3.8) is 0 Å². The molecule has 6 aliphatic rings. The summed E-state index contributed by atoms with van der Waals surface area (Å²) in [6, 6.07) is 10.9. The smallest absolute Gasteiger partial charge is 0.224 e. The Labute approximate surface area is 669 Å². The maximum Gasteiger partial charge on any atom is 0.224 e. The Morgan fingerprint density at radius 2 is 0.767 bits per heavy atom. The summed E-state index contributed by atoms with van der Waals surface area (Å²) in [5, 5.41) is 105. The zero-order valence-corrected chi connectivity index (χ0v) is 66.8. The average Bonchev–Trinajstić information content (AvgIpc) is 1.63. The molecule has 1 amide bonds. The molecule has 13 heterocycles. The van der Waals surface area contributed by atoms with E-state index in [-0.39, 0.29) is 51.8 Å². The van der Waals surface area contributed by atoms with Crippen LogP contribution in [-0.2, 0) is 75.3 Å². The molecule has 8 aromatic heterocycles. The van der Waals surface area contributed by atoms with Gasteiger partial charge >= 0.3 is 0 Å². The normalized spacial score (nSPS) is 26.5. The molecule has 5 aliphatic heterocycles. The van der Waals surface area contributed by atoms with Crippen molar-refractivity contribution in [2.24, 2.45) is 5.73 Å². The summed E-state index contributed by atoms with van der Waals surface area (Å²) in [6.45, 7) is 8.71. The van der Waals surface area contributed by atoms with Crippen LogP contribution in [0.15, 0.2) is 55.6 Å². The summed E-state index contributed by atoms with van der Waals surface area (Å²) in [4.78, 5) is 68.4. The van der Waals surface area contributed by atoms with Crippen molar-refractivity contribution >= 4 is 73.8 Å². The summed E-state index contributed by atoms with van der Waals surface area (Å²) in [5.74, 6) is 4.18. The van der Waals surface area contributed by atoms with E-state index in [4.69, 9.17) is 48.6 Å². The molecule has 0 unspecified atom stereocenters. The lowest BCUT2D eigenvalue weighted by Crippen LogP contribution is -2.44. The van der Waals surface area contributed by atoms with Crippen molar-refractivity contribution in [1.82, 2.24) is 98.9 Å². The third-order valence-electron chi connectivity index (χ3n) is 21.4. The number of aliphatic hydroxyl groups is 8. The third-order valence-corrected chi connectivity index (χ3v) is 21.4. The number of nitrogens with one attached hydrogen (secondary N) is 7. The number of aliphatic hydroxyl groups excluding tert-OH is 8. The van der Waals surface area contributed by atoms with Crippen molar-refractivity contribution in [1.29, 1.82) is 0 Å². The van der Waals surface area contributed by atoms with E-state index in [0.29, 0.717) is 122 Å².